The summed E-state index contributed by atoms with van der Waals surface area (Å²) in [5, 5.41) is -0.0433. The van der Waals surface area contributed by atoms with Gasteiger partial charge in [0, 0.05) is 32.3 Å². The lowest BCUT2D eigenvalue weighted by molar-refractivity contribution is 0.0726. The van der Waals surface area contributed by atoms with Crippen LogP contribution < -0.4 is 4.74 Å². The Labute approximate surface area is 219 Å². The molecule has 0 atom stereocenters. The number of ether oxygens (including phenoxy) is 2. The summed E-state index contributed by atoms with van der Waals surface area (Å²) in [7, 11) is 3.20. The van der Waals surface area contributed by atoms with Crippen LogP contribution in [0.25, 0.3) is 0 Å². The molecule has 0 aliphatic heterocycles. The van der Waals surface area contributed by atoms with Gasteiger partial charge in [-0.15, -0.1) is 0 Å². The highest BCUT2D eigenvalue weighted by Gasteiger charge is 2.26. The van der Waals surface area contributed by atoms with E-state index in [9.17, 15) is 13.2 Å². The number of aromatic nitrogens is 2. The van der Waals surface area contributed by atoms with E-state index in [1.165, 1.54) is 7.11 Å². The van der Waals surface area contributed by atoms with E-state index in [-0.39, 0.29) is 23.4 Å². The lowest BCUT2D eigenvalue weighted by Crippen LogP contribution is -2.37. The number of methoxy groups -OCH3 is 2. The first kappa shape index (κ1) is 28.4. The average molecular weight is 529 g/mol. The van der Waals surface area contributed by atoms with Crippen LogP contribution in [-0.2, 0) is 33.4 Å². The molecule has 9 nitrogen and oxygen atoms in total. The third kappa shape index (κ3) is 7.41. The van der Waals surface area contributed by atoms with Gasteiger partial charge in [0.2, 0.25) is 15.0 Å². The monoisotopic (exact) mass is 528 g/mol. The molecule has 0 radical (unpaired) electrons. The molecule has 0 unspecified atom stereocenters. The summed E-state index contributed by atoms with van der Waals surface area (Å²) in [5.41, 5.74) is 2.73. The van der Waals surface area contributed by atoms with E-state index in [2.05, 4.69) is 4.98 Å². The van der Waals surface area contributed by atoms with Gasteiger partial charge in [-0.3, -0.25) is 4.79 Å². The van der Waals surface area contributed by atoms with Gasteiger partial charge in [-0.25, -0.2) is 13.4 Å². The van der Waals surface area contributed by atoms with E-state index in [1.807, 2.05) is 50.2 Å². The van der Waals surface area contributed by atoms with Gasteiger partial charge >= 0.3 is 0 Å². The predicted octanol–water partition coefficient (Wildman–Crippen LogP) is 3.02. The lowest BCUT2D eigenvalue weighted by atomic mass is 10.1. The highest BCUT2D eigenvalue weighted by atomic mass is 32.2. The molecule has 3 rings (SSSR count). The molecule has 200 valence electrons. The number of imidazole rings is 1. The summed E-state index contributed by atoms with van der Waals surface area (Å²) in [6, 6.07) is 14.4. The molecule has 0 saturated carbocycles. The quantitative estimate of drug-likeness (QED) is 0.337. The van der Waals surface area contributed by atoms with Crippen molar-refractivity contribution in [2.45, 2.75) is 30.9 Å². The zero-order chi connectivity index (χ0) is 27.0. The maximum absolute atomic E-state index is 13.5. The highest BCUT2D eigenvalue weighted by molar-refractivity contribution is 7.90. The van der Waals surface area contributed by atoms with E-state index in [0.29, 0.717) is 48.8 Å². The van der Waals surface area contributed by atoms with Crippen molar-refractivity contribution in [1.82, 2.24) is 19.4 Å². The summed E-state index contributed by atoms with van der Waals surface area (Å²) in [6.07, 6.45) is 1.54. The van der Waals surface area contributed by atoms with Crippen LogP contribution >= 0.6 is 0 Å². The predicted molar refractivity (Wildman–Crippen MR) is 142 cm³/mol. The first-order chi connectivity index (χ1) is 17.7. The minimum atomic E-state index is -3.79. The van der Waals surface area contributed by atoms with Crippen LogP contribution in [0.3, 0.4) is 0 Å². The van der Waals surface area contributed by atoms with Gasteiger partial charge in [0.05, 0.1) is 37.9 Å². The van der Waals surface area contributed by atoms with Gasteiger partial charge in [0.25, 0.3) is 5.91 Å². The Morgan fingerprint density at radius 1 is 1.05 bits per heavy atom. The second-order valence-electron chi connectivity index (χ2n) is 9.13. The second kappa shape index (κ2) is 12.8. The SMILES string of the molecule is COCCn1c(CN(CCN(C)C)C(=O)c2ccccc2C)cnc1S(=O)(=O)Cc1cccc(OC)c1. The van der Waals surface area contributed by atoms with Crippen LogP contribution in [0.4, 0.5) is 0 Å². The molecule has 0 N–H and O–H groups in total. The molecule has 0 bridgehead atoms. The number of amides is 1. The molecule has 10 heteroatoms. The number of carbonyl (C=O) groups is 1. The topological polar surface area (TPSA) is 94.0 Å². The molecule has 0 aliphatic carbocycles. The average Bonchev–Trinajstić information content (AvgIpc) is 3.28. The van der Waals surface area contributed by atoms with Gasteiger partial charge in [0.15, 0.2) is 0 Å². The molecule has 0 aliphatic rings. The zero-order valence-corrected chi connectivity index (χ0v) is 23.0. The van der Waals surface area contributed by atoms with Crippen LogP contribution in [-0.4, -0.2) is 81.7 Å². The molecular formula is C27H36N4O5S. The number of nitrogens with zero attached hydrogens (tertiary/aromatic N) is 4. The van der Waals surface area contributed by atoms with Gasteiger partial charge in [-0.1, -0.05) is 30.3 Å². The number of sulfone groups is 1. The van der Waals surface area contributed by atoms with Crippen molar-refractivity contribution in [3.05, 3.63) is 77.1 Å². The molecule has 3 aromatic rings. The molecule has 0 saturated heterocycles. The second-order valence-corrected chi connectivity index (χ2v) is 11.0. The normalized spacial score (nSPS) is 11.6. The Kier molecular flexibility index (Phi) is 9.85. The maximum atomic E-state index is 13.5. The summed E-state index contributed by atoms with van der Waals surface area (Å²) < 4.78 is 39.0. The molecule has 0 spiro atoms. The standard InChI is InChI=1S/C27H36N4O5S/c1-21-9-6-7-12-25(21)26(32)30(14-13-29(2)3)19-23-18-28-27(31(23)15-16-35-4)37(33,34)20-22-10-8-11-24(17-22)36-5/h6-12,17-18H,13-16,19-20H2,1-5H3. The highest BCUT2D eigenvalue weighted by Crippen LogP contribution is 2.22. The molecule has 1 amide bonds. The van der Waals surface area contributed by atoms with Crippen molar-refractivity contribution in [2.75, 3.05) is 48.0 Å². The van der Waals surface area contributed by atoms with E-state index in [4.69, 9.17) is 9.47 Å². The Bertz CT molecular complexity index is 1300. The van der Waals surface area contributed by atoms with E-state index < -0.39 is 9.84 Å². The summed E-state index contributed by atoms with van der Waals surface area (Å²) in [4.78, 5) is 21.6. The fourth-order valence-electron chi connectivity index (χ4n) is 3.99. The van der Waals surface area contributed by atoms with Crippen molar-refractivity contribution < 1.29 is 22.7 Å². The molecule has 2 aromatic carbocycles. The van der Waals surface area contributed by atoms with Crippen molar-refractivity contribution in [3.8, 4) is 5.75 Å². The first-order valence-corrected chi connectivity index (χ1v) is 13.7. The Balaban J connectivity index is 1.96. The van der Waals surface area contributed by atoms with Gasteiger partial charge in [0.1, 0.15) is 5.75 Å². The maximum Gasteiger partial charge on any atom is 0.254 e. The smallest absolute Gasteiger partial charge is 0.254 e. The van der Waals surface area contributed by atoms with Crippen LogP contribution in [0.5, 0.6) is 5.75 Å². The third-order valence-corrected chi connectivity index (χ3v) is 7.62. The molecule has 1 aromatic heterocycles. The zero-order valence-electron chi connectivity index (χ0n) is 22.2. The van der Waals surface area contributed by atoms with E-state index in [0.717, 1.165) is 5.56 Å². The van der Waals surface area contributed by atoms with Crippen LogP contribution in [0.1, 0.15) is 27.2 Å². The van der Waals surface area contributed by atoms with Gasteiger partial charge in [-0.05, 0) is 50.3 Å². The van der Waals surface area contributed by atoms with Crippen molar-refractivity contribution in [3.63, 3.8) is 0 Å². The first-order valence-electron chi connectivity index (χ1n) is 12.0. The largest absolute Gasteiger partial charge is 0.497 e. The van der Waals surface area contributed by atoms with E-state index >= 15 is 0 Å². The Morgan fingerprint density at radius 3 is 2.49 bits per heavy atom. The summed E-state index contributed by atoms with van der Waals surface area (Å²) in [6.45, 7) is 3.84. The van der Waals surface area contributed by atoms with Gasteiger partial charge in [-0.2, -0.15) is 0 Å². The molecule has 1 heterocycles. The number of carbonyl (C=O) groups excluding carboxylic acids is 1. The number of aryl methyl sites for hydroxylation is 1. The summed E-state index contributed by atoms with van der Waals surface area (Å²) >= 11 is 0. The van der Waals surface area contributed by atoms with Crippen molar-refractivity contribution in [1.29, 1.82) is 0 Å². The third-order valence-electron chi connectivity index (χ3n) is 6.02. The van der Waals surface area contributed by atoms with Gasteiger partial charge < -0.3 is 23.8 Å². The van der Waals surface area contributed by atoms with Crippen LogP contribution in [0, 0.1) is 6.92 Å². The number of benzene rings is 2. The fourth-order valence-corrected chi connectivity index (χ4v) is 5.49. The number of rotatable bonds is 13. The van der Waals surface area contributed by atoms with Crippen LogP contribution in [0.2, 0.25) is 0 Å². The number of hydrogen-bond acceptors (Lipinski definition) is 7. The minimum absolute atomic E-state index is 0.0433. The Hall–Kier alpha value is -3.21. The number of hydrogen-bond donors (Lipinski definition) is 0. The van der Waals surface area contributed by atoms with Crippen molar-refractivity contribution in [2.24, 2.45) is 0 Å². The van der Waals surface area contributed by atoms with Crippen molar-refractivity contribution >= 4 is 15.7 Å². The number of likely N-dealkylation sites (N-methyl/N-ethyl adjacent to an activating group) is 1. The fraction of sp³-hybridized carbons (Fsp3) is 0.407. The Morgan fingerprint density at radius 2 is 1.81 bits per heavy atom. The lowest BCUT2D eigenvalue weighted by Gasteiger charge is -2.26. The van der Waals surface area contributed by atoms with E-state index in [1.54, 1.807) is 47.0 Å². The molecule has 37 heavy (non-hydrogen) atoms. The molecule has 0 fully saturated rings. The summed E-state index contributed by atoms with van der Waals surface area (Å²) in [5.74, 6) is 0.253. The molecular weight excluding hydrogens is 492 g/mol. The van der Waals surface area contributed by atoms with Crippen LogP contribution in [0.15, 0.2) is 59.9 Å². The minimum Gasteiger partial charge on any atom is -0.497 e.